The number of pyridine rings is 2. The highest BCUT2D eigenvalue weighted by Gasteiger charge is 2.29. The molecule has 1 saturated heterocycles. The average molecular weight is 505 g/mol. The number of nitrogens with one attached hydrogen (secondary N) is 1. The lowest BCUT2D eigenvalue weighted by Gasteiger charge is -2.27. The van der Waals surface area contributed by atoms with E-state index >= 15 is 0 Å². The van der Waals surface area contributed by atoms with Gasteiger partial charge < -0.3 is 9.88 Å². The molecule has 10 heteroatoms. The highest BCUT2D eigenvalue weighted by molar-refractivity contribution is 7.93. The van der Waals surface area contributed by atoms with E-state index in [4.69, 9.17) is 0 Å². The van der Waals surface area contributed by atoms with Crippen molar-refractivity contribution in [2.75, 3.05) is 16.8 Å². The molecule has 186 valence electrons. The van der Waals surface area contributed by atoms with Crippen molar-refractivity contribution in [2.45, 2.75) is 57.2 Å². The van der Waals surface area contributed by atoms with Crippen LogP contribution < -0.4 is 10.9 Å². The fraction of sp³-hybridized carbons (Fsp3) is 0.440. The molecule has 3 aromatic rings. The van der Waals surface area contributed by atoms with Gasteiger partial charge in [0.15, 0.2) is 0 Å². The number of halogens is 3. The molecular weight excluding hydrogens is 477 g/mol. The topological polar surface area (TPSA) is 76.3 Å². The van der Waals surface area contributed by atoms with Crippen molar-refractivity contribution in [1.82, 2.24) is 9.55 Å². The van der Waals surface area contributed by atoms with Crippen LogP contribution in [0.1, 0.15) is 62.2 Å². The fourth-order valence-electron chi connectivity index (χ4n) is 4.65. The molecule has 1 atom stereocenters. The van der Waals surface area contributed by atoms with E-state index in [9.17, 15) is 22.2 Å². The Labute approximate surface area is 201 Å². The van der Waals surface area contributed by atoms with Gasteiger partial charge in [0.1, 0.15) is 5.82 Å². The lowest BCUT2D eigenvalue weighted by molar-refractivity contribution is 0.146. The summed E-state index contributed by atoms with van der Waals surface area (Å²) < 4.78 is 60.2. The molecule has 35 heavy (non-hydrogen) atoms. The molecular formula is C25H27F3N4O2S. The van der Waals surface area contributed by atoms with E-state index in [0.717, 1.165) is 18.9 Å². The number of rotatable bonds is 6. The maximum Gasteiger partial charge on any atom is 0.266 e. The van der Waals surface area contributed by atoms with Crippen molar-refractivity contribution >= 4 is 26.3 Å². The molecule has 2 aliphatic rings. The van der Waals surface area contributed by atoms with Gasteiger partial charge in [0.25, 0.3) is 12.0 Å². The fourth-order valence-corrected chi connectivity index (χ4v) is 7.10. The first-order valence-corrected chi connectivity index (χ1v) is 13.6. The minimum Gasteiger partial charge on any atom is -0.378 e. The number of nitrogens with zero attached hydrogens (tertiary/aromatic N) is 3. The molecule has 2 aromatic heterocycles. The second kappa shape index (κ2) is 9.29. The summed E-state index contributed by atoms with van der Waals surface area (Å²) in [5, 5.41) is 3.86. The predicted octanol–water partition coefficient (Wildman–Crippen LogP) is 5.61. The van der Waals surface area contributed by atoms with Gasteiger partial charge in [0.05, 0.1) is 23.2 Å². The third kappa shape index (κ3) is 4.94. The normalized spacial score (nSPS) is 23.4. The molecule has 6 nitrogen and oxygen atoms in total. The third-order valence-electron chi connectivity index (χ3n) is 6.76. The summed E-state index contributed by atoms with van der Waals surface area (Å²) in [6, 6.07) is 6.69. The number of fused-ring (bicyclic) bond motifs is 1. The number of anilines is 1. The van der Waals surface area contributed by atoms with Gasteiger partial charge >= 0.3 is 0 Å². The quantitative estimate of drug-likeness (QED) is 0.473. The van der Waals surface area contributed by atoms with Gasteiger partial charge in [-0.05, 0) is 38.7 Å². The van der Waals surface area contributed by atoms with Crippen LogP contribution in [0.3, 0.4) is 0 Å². The first-order chi connectivity index (χ1) is 16.7. The Morgan fingerprint density at radius 1 is 1.14 bits per heavy atom. The van der Waals surface area contributed by atoms with Crippen molar-refractivity contribution < 1.29 is 17.4 Å². The molecule has 1 saturated carbocycles. The van der Waals surface area contributed by atoms with Crippen LogP contribution in [0.2, 0.25) is 0 Å². The van der Waals surface area contributed by atoms with E-state index < -0.39 is 33.6 Å². The van der Waals surface area contributed by atoms with Crippen molar-refractivity contribution in [1.29, 1.82) is 0 Å². The van der Waals surface area contributed by atoms with Gasteiger partial charge in [-0.25, -0.2) is 21.7 Å². The van der Waals surface area contributed by atoms with Crippen LogP contribution in [0.5, 0.6) is 0 Å². The summed E-state index contributed by atoms with van der Waals surface area (Å²) in [4.78, 5) is 17.2. The van der Waals surface area contributed by atoms with Gasteiger partial charge in [-0.2, -0.15) is 0 Å². The third-order valence-corrected chi connectivity index (χ3v) is 9.19. The van der Waals surface area contributed by atoms with Crippen LogP contribution in [-0.2, 0) is 9.73 Å². The largest absolute Gasteiger partial charge is 0.378 e. The molecule has 0 amide bonds. The standard InChI is InChI=1S/C25H27F3N4O2S/c1-15(18-3-2-4-19(24(18)26)25(27)28)30-21-7-10-29-22-13-23(33)32(14-20(21)22)17-8-11-35(34,12-9-17)31-16-5-6-16/h2-4,7,10,13-17,25,30H,5-6,8-9,11-12H2,1H3/t15-,17?,35?/m1/s1. The first-order valence-electron chi connectivity index (χ1n) is 11.8. The number of alkyl halides is 2. The summed E-state index contributed by atoms with van der Waals surface area (Å²) in [6.07, 6.45) is 3.62. The van der Waals surface area contributed by atoms with Gasteiger partial charge in [-0.3, -0.25) is 9.78 Å². The minimum atomic E-state index is -2.90. The van der Waals surface area contributed by atoms with Crippen LogP contribution in [0, 0.1) is 5.82 Å². The van der Waals surface area contributed by atoms with Crippen LogP contribution in [0.25, 0.3) is 10.9 Å². The SMILES string of the molecule is C[C@@H](Nc1ccnc2cc(=O)n(C3CCS(=O)(=NC4CC4)CC3)cc12)c1cccc(C(F)F)c1F. The Balaban J connectivity index is 1.44. The van der Waals surface area contributed by atoms with Gasteiger partial charge in [0, 0.05) is 62.4 Å². The zero-order valence-corrected chi connectivity index (χ0v) is 20.1. The Morgan fingerprint density at radius 3 is 2.54 bits per heavy atom. The molecule has 1 aliphatic carbocycles. The summed E-state index contributed by atoms with van der Waals surface area (Å²) in [6.45, 7) is 1.69. The monoisotopic (exact) mass is 504 g/mol. The van der Waals surface area contributed by atoms with Crippen molar-refractivity contribution in [3.8, 4) is 0 Å². The number of hydrogen-bond acceptors (Lipinski definition) is 5. The maximum atomic E-state index is 14.7. The molecule has 3 heterocycles. The highest BCUT2D eigenvalue weighted by Crippen LogP contribution is 2.33. The van der Waals surface area contributed by atoms with E-state index in [0.29, 0.717) is 40.9 Å². The van der Waals surface area contributed by atoms with E-state index in [-0.39, 0.29) is 23.2 Å². The molecule has 0 unspecified atom stereocenters. The molecule has 1 N–H and O–H groups in total. The Morgan fingerprint density at radius 2 is 1.86 bits per heavy atom. The summed E-state index contributed by atoms with van der Waals surface area (Å²) in [7, 11) is -2.20. The molecule has 0 spiro atoms. The smallest absolute Gasteiger partial charge is 0.266 e. The zero-order chi connectivity index (χ0) is 24.7. The molecule has 0 radical (unpaired) electrons. The minimum absolute atomic E-state index is 0.0958. The van der Waals surface area contributed by atoms with Crippen LogP contribution in [0.15, 0.2) is 51.9 Å². The van der Waals surface area contributed by atoms with Crippen molar-refractivity contribution in [2.24, 2.45) is 4.36 Å². The Bertz CT molecular complexity index is 1430. The van der Waals surface area contributed by atoms with Gasteiger partial charge in [-0.1, -0.05) is 18.2 Å². The summed E-state index contributed by atoms with van der Waals surface area (Å²) >= 11 is 0. The molecule has 0 bridgehead atoms. The number of benzene rings is 1. The maximum absolute atomic E-state index is 14.7. The summed E-state index contributed by atoms with van der Waals surface area (Å²) in [5.41, 5.74) is 0.396. The lowest BCUT2D eigenvalue weighted by Crippen LogP contribution is -2.31. The van der Waals surface area contributed by atoms with Crippen molar-refractivity contribution in [3.63, 3.8) is 0 Å². The van der Waals surface area contributed by atoms with E-state index in [1.807, 2.05) is 0 Å². The molecule has 1 aliphatic heterocycles. The van der Waals surface area contributed by atoms with Gasteiger partial charge in [-0.15, -0.1) is 0 Å². The number of aromatic nitrogens is 2. The molecule has 1 aromatic carbocycles. The second-order valence-corrected chi connectivity index (χ2v) is 11.9. The highest BCUT2D eigenvalue weighted by atomic mass is 32.2. The van der Waals surface area contributed by atoms with Crippen LogP contribution in [0.4, 0.5) is 18.9 Å². The lowest BCUT2D eigenvalue weighted by atomic mass is 10.0. The van der Waals surface area contributed by atoms with E-state index in [2.05, 4.69) is 14.7 Å². The van der Waals surface area contributed by atoms with Crippen LogP contribution in [-0.4, -0.2) is 31.3 Å². The molecule has 5 rings (SSSR count). The number of hydrogen-bond donors (Lipinski definition) is 1. The summed E-state index contributed by atoms with van der Waals surface area (Å²) in [5.74, 6) is 0.0291. The Kier molecular flexibility index (Phi) is 6.33. The average Bonchev–Trinajstić information content (AvgIpc) is 3.63. The van der Waals surface area contributed by atoms with Crippen molar-refractivity contribution in [3.05, 3.63) is 70.0 Å². The molecule has 2 fully saturated rings. The van der Waals surface area contributed by atoms with Gasteiger partial charge in [0.2, 0.25) is 0 Å². The predicted molar refractivity (Wildman–Crippen MR) is 131 cm³/mol. The second-order valence-electron chi connectivity index (χ2n) is 9.34. The van der Waals surface area contributed by atoms with E-state index in [1.165, 1.54) is 18.2 Å². The zero-order valence-electron chi connectivity index (χ0n) is 19.3. The Hall–Kier alpha value is -2.88. The van der Waals surface area contributed by atoms with Crippen LogP contribution >= 0.6 is 0 Å². The van der Waals surface area contributed by atoms with E-state index in [1.54, 1.807) is 30.0 Å². The first kappa shape index (κ1) is 23.8.